The fourth-order valence-electron chi connectivity index (χ4n) is 7.54. The predicted octanol–water partition coefficient (Wildman–Crippen LogP) is 7.18. The number of β-amino-alcohol motifs (C(OH)–C–C–N with tert-alkyl or cyclic N) is 1. The summed E-state index contributed by atoms with van der Waals surface area (Å²) in [6, 6.07) is 6.73. The summed E-state index contributed by atoms with van der Waals surface area (Å²) in [5.41, 5.74) is 2.56. The van der Waals surface area contributed by atoms with Gasteiger partial charge in [0.2, 0.25) is 5.91 Å². The highest BCUT2D eigenvalue weighted by Crippen LogP contribution is 2.48. The first-order valence-corrected chi connectivity index (χ1v) is 18.5. The van der Waals surface area contributed by atoms with Gasteiger partial charge in [-0.05, 0) is 49.4 Å². The number of hydrogen-bond donors (Lipinski definition) is 1. The molecule has 6 heterocycles. The lowest BCUT2D eigenvalue weighted by Gasteiger charge is -2.39. The quantitative estimate of drug-likeness (QED) is 0.112. The first-order valence-electron chi connectivity index (χ1n) is 17.6. The number of nitrogens with zero attached hydrogens (tertiary/aromatic N) is 6. The summed E-state index contributed by atoms with van der Waals surface area (Å²) in [7, 11) is 1.49. The molecule has 53 heavy (non-hydrogen) atoms. The van der Waals surface area contributed by atoms with E-state index in [1.807, 2.05) is 47.9 Å². The van der Waals surface area contributed by atoms with E-state index in [1.54, 1.807) is 6.07 Å². The zero-order chi connectivity index (χ0) is 37.6. The number of amides is 1. The molecule has 0 fully saturated rings. The smallest absolute Gasteiger partial charge is 0.302 e. The van der Waals surface area contributed by atoms with E-state index < -0.39 is 24.1 Å². The molecule has 0 saturated heterocycles. The number of ether oxygens (including phenoxy) is 2. The monoisotopic (exact) mass is 752 g/mol. The molecule has 0 bridgehead atoms. The zero-order valence-corrected chi connectivity index (χ0v) is 30.7. The molecule has 1 amide bonds. The van der Waals surface area contributed by atoms with Gasteiger partial charge in [-0.1, -0.05) is 6.92 Å². The molecular formula is C38H40F4N6O4S. The third-order valence-corrected chi connectivity index (χ3v) is 10.7. The molecule has 2 aliphatic heterocycles. The second-order valence-corrected chi connectivity index (χ2v) is 14.4. The van der Waals surface area contributed by atoms with E-state index in [1.165, 1.54) is 29.5 Å². The largest absolute Gasteiger partial charge is 0.490 e. The molecule has 0 saturated carbocycles. The van der Waals surface area contributed by atoms with Crippen LogP contribution in [0.5, 0.6) is 5.75 Å². The van der Waals surface area contributed by atoms with Crippen molar-refractivity contribution in [1.29, 1.82) is 0 Å². The highest BCUT2D eigenvalue weighted by molar-refractivity contribution is 7.18. The van der Waals surface area contributed by atoms with E-state index in [9.17, 15) is 14.3 Å². The minimum atomic E-state index is -3.23. The van der Waals surface area contributed by atoms with Gasteiger partial charge in [0.05, 0.1) is 49.3 Å². The third kappa shape index (κ3) is 6.79. The third-order valence-electron chi connectivity index (χ3n) is 9.80. The highest BCUT2D eigenvalue weighted by atomic mass is 32.1. The lowest BCUT2D eigenvalue weighted by molar-refractivity contribution is -0.137. The fraction of sp³-hybridized carbons (Fsp3) is 0.421. The topological polar surface area (TPSA) is 106 Å². The van der Waals surface area contributed by atoms with Gasteiger partial charge in [0.1, 0.15) is 41.1 Å². The number of halogens is 4. The molecule has 280 valence electrons. The maximum absolute atomic E-state index is 16.2. The van der Waals surface area contributed by atoms with Gasteiger partial charge in [-0.3, -0.25) is 19.4 Å². The molecule has 4 aromatic heterocycles. The summed E-state index contributed by atoms with van der Waals surface area (Å²) in [4.78, 5) is 25.9. The molecule has 5 aromatic rings. The normalized spacial score (nSPS) is 18.3. The average Bonchev–Trinajstić information content (AvgIpc) is 3.76. The van der Waals surface area contributed by atoms with E-state index in [4.69, 9.17) is 19.6 Å². The Hall–Kier alpha value is -4.44. The van der Waals surface area contributed by atoms with E-state index in [-0.39, 0.29) is 73.6 Å². The van der Waals surface area contributed by atoms with Gasteiger partial charge in [0.15, 0.2) is 0 Å². The number of hydrogen-bond acceptors (Lipinski definition) is 9. The Morgan fingerprint density at radius 1 is 1.11 bits per heavy atom. The first-order chi connectivity index (χ1) is 25.4. The molecular weight excluding hydrogens is 713 g/mol. The van der Waals surface area contributed by atoms with Gasteiger partial charge in [0, 0.05) is 72.2 Å². The van der Waals surface area contributed by atoms with E-state index >= 15 is 13.2 Å². The highest BCUT2D eigenvalue weighted by Gasteiger charge is 2.42. The van der Waals surface area contributed by atoms with Crippen LogP contribution in [0.3, 0.4) is 0 Å². The van der Waals surface area contributed by atoms with Crippen molar-refractivity contribution in [2.45, 2.75) is 64.7 Å². The molecule has 15 heteroatoms. The number of aliphatic hydroxyl groups is 1. The number of thiophene rings is 1. The van der Waals surface area contributed by atoms with Crippen molar-refractivity contribution in [2.24, 2.45) is 0 Å². The first kappa shape index (κ1) is 36.9. The van der Waals surface area contributed by atoms with Crippen LogP contribution in [0.2, 0.25) is 0 Å². The van der Waals surface area contributed by atoms with Gasteiger partial charge < -0.3 is 19.5 Å². The molecule has 1 N–H and O–H groups in total. The van der Waals surface area contributed by atoms with Gasteiger partial charge in [-0.15, -0.1) is 11.3 Å². The minimum absolute atomic E-state index is 0.0148. The van der Waals surface area contributed by atoms with Crippen LogP contribution >= 0.6 is 11.3 Å². The molecule has 2 atom stereocenters. The molecule has 0 radical (unpaired) electrons. The van der Waals surface area contributed by atoms with Gasteiger partial charge >= 0.3 is 5.92 Å². The summed E-state index contributed by atoms with van der Waals surface area (Å²) in [5.74, 6) is -4.93. The van der Waals surface area contributed by atoms with Gasteiger partial charge in [-0.25, -0.2) is 13.8 Å². The number of fused-ring (bicyclic) bond motifs is 3. The summed E-state index contributed by atoms with van der Waals surface area (Å²) < 4.78 is 74.9. The number of alkyl halides is 2. The SMILES string of the molecule is CCCC(=O)N1[C@H](C)Cn2nc(-c3nc(-c4cnc5c(c4)CN(CCO)CC5(F)F)c4ccsc4c3-c3c(F)cc(F)cc3OCCOC)cc2[C@@H]1C. The van der Waals surface area contributed by atoms with Crippen molar-refractivity contribution in [3.8, 4) is 39.5 Å². The number of pyridine rings is 2. The van der Waals surface area contributed by atoms with Crippen LogP contribution in [0.15, 0.2) is 41.9 Å². The molecule has 0 unspecified atom stereocenters. The number of methoxy groups -OCH3 is 1. The van der Waals surface area contributed by atoms with Crippen LogP contribution in [0.25, 0.3) is 43.9 Å². The maximum atomic E-state index is 16.2. The summed E-state index contributed by atoms with van der Waals surface area (Å²) in [6.07, 6.45) is 2.49. The Bertz CT molecular complexity index is 2170. The average molecular weight is 753 g/mol. The molecule has 7 rings (SSSR count). The van der Waals surface area contributed by atoms with Crippen LogP contribution in [0, 0.1) is 11.6 Å². The predicted molar refractivity (Wildman–Crippen MR) is 193 cm³/mol. The second-order valence-electron chi connectivity index (χ2n) is 13.5. The maximum Gasteiger partial charge on any atom is 0.302 e. The van der Waals surface area contributed by atoms with Crippen LogP contribution < -0.4 is 4.74 Å². The Morgan fingerprint density at radius 2 is 1.92 bits per heavy atom. The Morgan fingerprint density at radius 3 is 2.68 bits per heavy atom. The van der Waals surface area contributed by atoms with Crippen molar-refractivity contribution in [3.05, 3.63) is 70.5 Å². The number of aliphatic hydroxyl groups excluding tert-OH is 1. The van der Waals surface area contributed by atoms with Crippen molar-refractivity contribution in [2.75, 3.05) is 40.0 Å². The lowest BCUT2D eigenvalue weighted by atomic mass is 9.95. The fourth-order valence-corrected chi connectivity index (χ4v) is 8.49. The summed E-state index contributed by atoms with van der Waals surface area (Å²) >= 11 is 1.31. The van der Waals surface area contributed by atoms with Crippen LogP contribution in [0.4, 0.5) is 17.6 Å². The standard InChI is InChI=1S/C38H40F4N6O4S/c1-5-6-31(50)48-21(2)18-47-29(22(48)3)16-28(45-47)35-33(32-27(40)14-25(39)15-30(32)52-11-10-51-4)36-26(7-12-53-36)34(44-35)23-13-24-19-46(8-9-49)20-38(41,42)37(24)43-17-23/h7,12-17,21-22,49H,5-6,8-11,18-20H2,1-4H3/t21-,22+/m1/s1. The minimum Gasteiger partial charge on any atom is -0.490 e. The Kier molecular flexibility index (Phi) is 10.3. The Balaban J connectivity index is 1.46. The van der Waals surface area contributed by atoms with Crippen LogP contribution in [0.1, 0.15) is 56.6 Å². The van der Waals surface area contributed by atoms with Crippen molar-refractivity contribution < 1.29 is 36.9 Å². The van der Waals surface area contributed by atoms with Crippen molar-refractivity contribution in [1.82, 2.24) is 29.5 Å². The molecule has 0 spiro atoms. The van der Waals surface area contributed by atoms with Crippen molar-refractivity contribution >= 4 is 27.3 Å². The molecule has 10 nitrogen and oxygen atoms in total. The molecule has 0 aliphatic carbocycles. The van der Waals surface area contributed by atoms with Gasteiger partial charge in [0.25, 0.3) is 0 Å². The molecule has 1 aromatic carbocycles. The molecule has 2 aliphatic rings. The lowest BCUT2D eigenvalue weighted by Crippen LogP contribution is -2.47. The number of benzene rings is 1. The number of carbonyl (C=O) groups excluding carboxylic acids is 1. The van der Waals surface area contributed by atoms with Crippen LogP contribution in [-0.2, 0) is 28.5 Å². The van der Waals surface area contributed by atoms with Crippen LogP contribution in [-0.4, -0.2) is 86.6 Å². The van der Waals surface area contributed by atoms with Crippen molar-refractivity contribution in [3.63, 3.8) is 0 Å². The number of carbonyl (C=O) groups is 1. The van der Waals surface area contributed by atoms with Gasteiger partial charge in [-0.2, -0.15) is 13.9 Å². The number of aromatic nitrogens is 4. The van der Waals surface area contributed by atoms with E-state index in [0.29, 0.717) is 57.6 Å². The second kappa shape index (κ2) is 14.8. The van der Waals surface area contributed by atoms with E-state index in [0.717, 1.165) is 17.8 Å². The van der Waals surface area contributed by atoms with E-state index in [2.05, 4.69) is 4.98 Å². The Labute approximate surface area is 308 Å². The number of rotatable bonds is 11. The summed E-state index contributed by atoms with van der Waals surface area (Å²) in [6.45, 7) is 5.90. The summed E-state index contributed by atoms with van der Waals surface area (Å²) in [5, 5.41) is 16.9. The zero-order valence-electron chi connectivity index (χ0n) is 29.8.